The van der Waals surface area contributed by atoms with E-state index in [0.717, 1.165) is 35.2 Å². The Balaban J connectivity index is 2.56. The minimum Gasteiger partial charge on any atom is -0.310 e. The van der Waals surface area contributed by atoms with Gasteiger partial charge in [-0.05, 0) is 50.1 Å². The predicted octanol–water partition coefficient (Wildman–Crippen LogP) is 4.43. The Bertz CT molecular complexity index is 604. The van der Waals surface area contributed by atoms with Gasteiger partial charge in [-0.15, -0.1) is 0 Å². The van der Waals surface area contributed by atoms with Gasteiger partial charge in [0.05, 0.1) is 11.4 Å². The lowest BCUT2D eigenvalue weighted by atomic mass is 10.1. The van der Waals surface area contributed by atoms with Gasteiger partial charge in [-0.3, -0.25) is 0 Å². The molecule has 2 rings (SSSR count). The van der Waals surface area contributed by atoms with E-state index >= 15 is 0 Å². The van der Waals surface area contributed by atoms with Gasteiger partial charge in [0.25, 0.3) is 0 Å². The van der Waals surface area contributed by atoms with Crippen molar-refractivity contribution in [3.8, 4) is 5.69 Å². The molecule has 1 N–H and O–H groups in total. The molecule has 1 aromatic carbocycles. The fourth-order valence-corrected chi connectivity index (χ4v) is 2.94. The second-order valence-corrected chi connectivity index (χ2v) is 6.14. The number of hydrogen-bond acceptors (Lipinski definition) is 2. The van der Waals surface area contributed by atoms with Crippen molar-refractivity contribution in [3.63, 3.8) is 0 Å². The van der Waals surface area contributed by atoms with Crippen LogP contribution in [0.5, 0.6) is 0 Å². The Kier molecular flexibility index (Phi) is 5.59. The third-order valence-corrected chi connectivity index (χ3v) is 4.25. The van der Waals surface area contributed by atoms with Crippen LogP contribution in [0.15, 0.2) is 28.7 Å². The highest BCUT2D eigenvalue weighted by Crippen LogP contribution is 2.27. The molecule has 0 aliphatic carbocycles. The van der Waals surface area contributed by atoms with E-state index in [2.05, 4.69) is 77.9 Å². The molecule has 1 aromatic heterocycles. The molecule has 0 spiro atoms. The van der Waals surface area contributed by atoms with Crippen molar-refractivity contribution in [2.24, 2.45) is 0 Å². The van der Waals surface area contributed by atoms with E-state index in [1.54, 1.807) is 0 Å². The quantitative estimate of drug-likeness (QED) is 0.835. The second-order valence-electron chi connectivity index (χ2n) is 5.23. The van der Waals surface area contributed by atoms with Crippen molar-refractivity contribution >= 4 is 15.9 Å². The molecule has 4 heteroatoms. The lowest BCUT2D eigenvalue weighted by molar-refractivity contribution is 0.591. The van der Waals surface area contributed by atoms with Crippen LogP contribution >= 0.6 is 15.9 Å². The Morgan fingerprint density at radius 1 is 1.19 bits per heavy atom. The number of hydrogen-bond donors (Lipinski definition) is 1. The van der Waals surface area contributed by atoms with E-state index in [1.165, 1.54) is 11.3 Å². The summed E-state index contributed by atoms with van der Waals surface area (Å²) in [5, 5.41) is 8.28. The molecule has 0 bridgehead atoms. The summed E-state index contributed by atoms with van der Waals surface area (Å²) < 4.78 is 3.19. The third kappa shape index (κ3) is 3.55. The summed E-state index contributed by atoms with van der Waals surface area (Å²) in [7, 11) is 0. The first-order valence-electron chi connectivity index (χ1n) is 7.71. The summed E-state index contributed by atoms with van der Waals surface area (Å²) in [6.45, 7) is 9.62. The zero-order valence-electron chi connectivity index (χ0n) is 13.3. The minimum atomic E-state index is 0.303. The summed E-state index contributed by atoms with van der Waals surface area (Å²) in [6.07, 6.45) is 1.95. The Labute approximate surface area is 135 Å². The van der Waals surface area contributed by atoms with E-state index in [9.17, 15) is 0 Å². The van der Waals surface area contributed by atoms with Gasteiger partial charge in [0, 0.05) is 16.2 Å². The van der Waals surface area contributed by atoms with Crippen LogP contribution in [0.2, 0.25) is 0 Å². The summed E-state index contributed by atoms with van der Waals surface area (Å²) >= 11 is 3.59. The molecule has 0 saturated heterocycles. The molecule has 0 aliphatic heterocycles. The van der Waals surface area contributed by atoms with Gasteiger partial charge in [0.2, 0.25) is 0 Å². The number of aryl methyl sites for hydroxylation is 2. The molecule has 2 aromatic rings. The average molecular weight is 350 g/mol. The molecule has 3 nitrogen and oxygen atoms in total. The average Bonchev–Trinajstić information content (AvgIpc) is 2.90. The Morgan fingerprint density at radius 2 is 1.95 bits per heavy atom. The van der Waals surface area contributed by atoms with Crippen LogP contribution in [0, 0.1) is 0 Å². The van der Waals surface area contributed by atoms with Crippen molar-refractivity contribution < 1.29 is 0 Å². The van der Waals surface area contributed by atoms with Crippen LogP contribution in [0.1, 0.15) is 50.7 Å². The molecule has 114 valence electrons. The lowest BCUT2D eigenvalue weighted by Crippen LogP contribution is -2.20. The first-order valence-corrected chi connectivity index (χ1v) is 8.50. The molecule has 0 radical (unpaired) electrons. The van der Waals surface area contributed by atoms with E-state index in [-0.39, 0.29) is 0 Å². The molecular weight excluding hydrogens is 326 g/mol. The predicted molar refractivity (Wildman–Crippen MR) is 92.1 cm³/mol. The van der Waals surface area contributed by atoms with E-state index < -0.39 is 0 Å². The van der Waals surface area contributed by atoms with Crippen molar-refractivity contribution in [1.29, 1.82) is 0 Å². The lowest BCUT2D eigenvalue weighted by Gasteiger charge is -2.19. The summed E-state index contributed by atoms with van der Waals surface area (Å²) in [5.41, 5.74) is 4.85. The SMILES string of the molecule is CCNC(C)c1ccc(Br)cc1-n1nc(CC)cc1CC. The van der Waals surface area contributed by atoms with Gasteiger partial charge in [-0.25, -0.2) is 4.68 Å². The number of aromatic nitrogens is 2. The number of nitrogens with zero attached hydrogens (tertiary/aromatic N) is 2. The number of benzene rings is 1. The van der Waals surface area contributed by atoms with Gasteiger partial charge >= 0.3 is 0 Å². The smallest absolute Gasteiger partial charge is 0.0707 e. The zero-order chi connectivity index (χ0) is 15.4. The van der Waals surface area contributed by atoms with Crippen molar-refractivity contribution in [2.45, 2.75) is 46.6 Å². The highest BCUT2D eigenvalue weighted by molar-refractivity contribution is 9.10. The molecule has 21 heavy (non-hydrogen) atoms. The molecule has 1 unspecified atom stereocenters. The van der Waals surface area contributed by atoms with E-state index in [1.807, 2.05) is 0 Å². The van der Waals surface area contributed by atoms with Crippen molar-refractivity contribution in [1.82, 2.24) is 15.1 Å². The largest absolute Gasteiger partial charge is 0.310 e. The number of rotatable bonds is 6. The fourth-order valence-electron chi connectivity index (χ4n) is 2.59. The van der Waals surface area contributed by atoms with Gasteiger partial charge in [0.15, 0.2) is 0 Å². The first-order chi connectivity index (χ1) is 10.1. The topological polar surface area (TPSA) is 29.9 Å². The van der Waals surface area contributed by atoms with E-state index in [4.69, 9.17) is 5.10 Å². The van der Waals surface area contributed by atoms with Crippen LogP contribution in [0.25, 0.3) is 5.69 Å². The molecule has 0 fully saturated rings. The summed E-state index contributed by atoms with van der Waals surface area (Å²) in [6, 6.07) is 8.96. The van der Waals surface area contributed by atoms with Crippen LogP contribution in [-0.4, -0.2) is 16.3 Å². The molecular formula is C17H24BrN3. The fraction of sp³-hybridized carbons (Fsp3) is 0.471. The normalized spacial score (nSPS) is 12.6. The highest BCUT2D eigenvalue weighted by atomic mass is 79.9. The van der Waals surface area contributed by atoms with Gasteiger partial charge in [-0.1, -0.05) is 42.8 Å². The third-order valence-electron chi connectivity index (χ3n) is 3.76. The van der Waals surface area contributed by atoms with Crippen LogP contribution in [-0.2, 0) is 12.8 Å². The summed E-state index contributed by atoms with van der Waals surface area (Å²) in [5.74, 6) is 0. The van der Waals surface area contributed by atoms with E-state index in [0.29, 0.717) is 6.04 Å². The highest BCUT2D eigenvalue weighted by Gasteiger charge is 2.15. The number of halogens is 1. The molecule has 0 aliphatic rings. The van der Waals surface area contributed by atoms with Crippen LogP contribution in [0.3, 0.4) is 0 Å². The summed E-state index contributed by atoms with van der Waals surface area (Å²) in [4.78, 5) is 0. The van der Waals surface area contributed by atoms with Crippen LogP contribution in [0.4, 0.5) is 0 Å². The molecule has 0 saturated carbocycles. The number of nitrogens with one attached hydrogen (secondary N) is 1. The van der Waals surface area contributed by atoms with Crippen LogP contribution < -0.4 is 5.32 Å². The first kappa shape index (κ1) is 16.2. The zero-order valence-corrected chi connectivity index (χ0v) is 14.9. The van der Waals surface area contributed by atoms with Gasteiger partial charge < -0.3 is 5.32 Å². The molecule has 0 amide bonds. The second kappa shape index (κ2) is 7.23. The minimum absolute atomic E-state index is 0.303. The Hall–Kier alpha value is -1.13. The van der Waals surface area contributed by atoms with Crippen molar-refractivity contribution in [3.05, 3.63) is 45.7 Å². The Morgan fingerprint density at radius 3 is 2.57 bits per heavy atom. The maximum Gasteiger partial charge on any atom is 0.0707 e. The standard InChI is InChI=1S/C17H24BrN3/c1-5-14-11-15(6-2)21(20-14)17-10-13(18)8-9-16(17)12(4)19-7-3/h8-12,19H,5-7H2,1-4H3. The van der Waals surface area contributed by atoms with Crippen molar-refractivity contribution in [2.75, 3.05) is 6.54 Å². The maximum absolute atomic E-state index is 4.78. The van der Waals surface area contributed by atoms with Gasteiger partial charge in [-0.2, -0.15) is 5.10 Å². The monoisotopic (exact) mass is 349 g/mol. The maximum atomic E-state index is 4.78. The van der Waals surface area contributed by atoms with Gasteiger partial charge in [0.1, 0.15) is 0 Å². The molecule has 1 atom stereocenters. The molecule has 1 heterocycles.